The average molecular weight is 663 g/mol. The maximum Gasteiger partial charge on any atom is -0.00201 e. The quantitative estimate of drug-likeness (QED) is 0.130. The third-order valence-electron chi connectivity index (χ3n) is 11.2. The highest BCUT2D eigenvalue weighted by Gasteiger charge is 2.20. The molecule has 0 fully saturated rings. The standard InChI is InChI=1S/C52H38/c1-52(2,3)39-28-24-33(25-29-39)40-16-4-5-17-42(40)51-45-20-8-6-18-43(45)49(44-19-7-9-21-46(44)51)38-15-11-14-37(32-38)41-30-26-36-23-22-34-12-10-13-35-27-31-47(41)50(36)48(34)35/h4-32H,1-3H3. The van der Waals surface area contributed by atoms with Crippen LogP contribution in [0.25, 0.3) is 98.4 Å². The summed E-state index contributed by atoms with van der Waals surface area (Å²) in [5.74, 6) is 0. The van der Waals surface area contributed by atoms with Crippen molar-refractivity contribution in [1.82, 2.24) is 0 Å². The van der Waals surface area contributed by atoms with Crippen LogP contribution in [0.4, 0.5) is 0 Å². The fourth-order valence-electron chi connectivity index (χ4n) is 8.66. The Labute approximate surface area is 305 Å². The Morgan fingerprint density at radius 1 is 0.308 bits per heavy atom. The number of fused-ring (bicyclic) bond motifs is 2. The Hall–Kier alpha value is -6.24. The fourth-order valence-corrected chi connectivity index (χ4v) is 8.66. The largest absolute Gasteiger partial charge is 0.0616 e. The van der Waals surface area contributed by atoms with Gasteiger partial charge in [0.25, 0.3) is 0 Å². The molecule has 0 radical (unpaired) electrons. The second kappa shape index (κ2) is 11.7. The maximum atomic E-state index is 2.41. The minimum absolute atomic E-state index is 0.109. The molecule has 0 saturated heterocycles. The van der Waals surface area contributed by atoms with Gasteiger partial charge >= 0.3 is 0 Å². The van der Waals surface area contributed by atoms with E-state index in [2.05, 4.69) is 197 Å². The van der Waals surface area contributed by atoms with Gasteiger partial charge in [0.1, 0.15) is 0 Å². The highest BCUT2D eigenvalue weighted by Crippen LogP contribution is 2.47. The molecular weight excluding hydrogens is 625 g/mol. The molecule has 0 unspecified atom stereocenters. The third kappa shape index (κ3) is 4.75. The zero-order chi connectivity index (χ0) is 35.0. The van der Waals surface area contributed by atoms with E-state index in [1.54, 1.807) is 0 Å². The van der Waals surface area contributed by atoms with Gasteiger partial charge in [-0.2, -0.15) is 0 Å². The molecule has 0 atom stereocenters. The van der Waals surface area contributed by atoms with Gasteiger partial charge in [0, 0.05) is 0 Å². The van der Waals surface area contributed by atoms with Crippen LogP contribution in [0, 0.1) is 0 Å². The van der Waals surface area contributed by atoms with Crippen molar-refractivity contribution in [3.8, 4) is 44.5 Å². The minimum Gasteiger partial charge on any atom is -0.0616 e. The first kappa shape index (κ1) is 30.6. The van der Waals surface area contributed by atoms with Crippen LogP contribution in [0.3, 0.4) is 0 Å². The summed E-state index contributed by atoms with van der Waals surface area (Å²) in [4.78, 5) is 0. The van der Waals surface area contributed by atoms with Crippen molar-refractivity contribution in [3.63, 3.8) is 0 Å². The SMILES string of the molecule is CC(C)(C)c1ccc(-c2ccccc2-c2c3ccccc3c(-c3cccc(-c4ccc5ccc6cccc7ccc4c5c67)c3)c3ccccc23)cc1. The summed E-state index contributed by atoms with van der Waals surface area (Å²) < 4.78 is 0. The molecule has 0 heterocycles. The molecule has 0 aliphatic heterocycles. The van der Waals surface area contributed by atoms with Crippen LogP contribution >= 0.6 is 0 Å². The lowest BCUT2D eigenvalue weighted by atomic mass is 9.82. The van der Waals surface area contributed by atoms with Crippen molar-refractivity contribution >= 4 is 53.9 Å². The minimum atomic E-state index is 0.109. The number of hydrogen-bond donors (Lipinski definition) is 0. The van der Waals surface area contributed by atoms with Gasteiger partial charge in [-0.25, -0.2) is 0 Å². The highest BCUT2D eigenvalue weighted by molar-refractivity contribution is 6.26. The van der Waals surface area contributed by atoms with Crippen molar-refractivity contribution in [2.24, 2.45) is 0 Å². The molecule has 0 amide bonds. The zero-order valence-electron chi connectivity index (χ0n) is 29.7. The van der Waals surface area contributed by atoms with E-state index in [9.17, 15) is 0 Å². The van der Waals surface area contributed by atoms with E-state index < -0.39 is 0 Å². The molecule has 10 aromatic carbocycles. The van der Waals surface area contributed by atoms with Crippen LogP contribution in [0.15, 0.2) is 176 Å². The Bertz CT molecular complexity index is 2900. The summed E-state index contributed by atoms with van der Waals surface area (Å²) in [6.45, 7) is 6.82. The molecule has 0 heteroatoms. The second-order valence-corrected chi connectivity index (χ2v) is 15.3. The predicted molar refractivity (Wildman–Crippen MR) is 226 cm³/mol. The molecule has 0 nitrogen and oxygen atoms in total. The van der Waals surface area contributed by atoms with Crippen LogP contribution in [0.5, 0.6) is 0 Å². The summed E-state index contributed by atoms with van der Waals surface area (Å²) in [6, 6.07) is 65.6. The smallest absolute Gasteiger partial charge is 0.00201 e. The number of rotatable bonds is 4. The van der Waals surface area contributed by atoms with E-state index in [4.69, 9.17) is 0 Å². The normalized spacial score (nSPS) is 12.1. The summed E-state index contributed by atoms with van der Waals surface area (Å²) in [5.41, 5.74) is 11.5. The summed E-state index contributed by atoms with van der Waals surface area (Å²) >= 11 is 0. The Kier molecular flexibility index (Phi) is 6.85. The summed E-state index contributed by atoms with van der Waals surface area (Å²) in [5, 5.41) is 13.0. The first-order chi connectivity index (χ1) is 25.4. The molecule has 10 aromatic rings. The lowest BCUT2D eigenvalue weighted by molar-refractivity contribution is 0.590. The fraction of sp³-hybridized carbons (Fsp3) is 0.0769. The maximum absolute atomic E-state index is 2.41. The average Bonchev–Trinajstić information content (AvgIpc) is 3.18. The van der Waals surface area contributed by atoms with Crippen molar-refractivity contribution in [2.75, 3.05) is 0 Å². The summed E-state index contributed by atoms with van der Waals surface area (Å²) in [6.07, 6.45) is 0. The molecule has 0 spiro atoms. The molecule has 0 N–H and O–H groups in total. The van der Waals surface area contributed by atoms with Gasteiger partial charge in [-0.1, -0.05) is 191 Å². The third-order valence-corrected chi connectivity index (χ3v) is 11.2. The molecule has 0 saturated carbocycles. The second-order valence-electron chi connectivity index (χ2n) is 15.3. The van der Waals surface area contributed by atoms with Crippen molar-refractivity contribution in [2.45, 2.75) is 26.2 Å². The van der Waals surface area contributed by atoms with E-state index in [1.807, 2.05) is 0 Å². The molecule has 0 aliphatic rings. The Morgan fingerprint density at radius 3 is 1.48 bits per heavy atom. The van der Waals surface area contributed by atoms with Gasteiger partial charge in [0.05, 0.1) is 0 Å². The molecule has 0 aromatic heterocycles. The number of benzene rings is 10. The van der Waals surface area contributed by atoms with Crippen molar-refractivity contribution in [1.29, 1.82) is 0 Å². The van der Waals surface area contributed by atoms with E-state index in [0.717, 1.165) is 0 Å². The first-order valence-corrected chi connectivity index (χ1v) is 18.4. The Morgan fingerprint density at radius 2 is 0.827 bits per heavy atom. The van der Waals surface area contributed by atoms with Gasteiger partial charge < -0.3 is 0 Å². The van der Waals surface area contributed by atoms with Crippen LogP contribution in [-0.4, -0.2) is 0 Å². The van der Waals surface area contributed by atoms with Crippen LogP contribution in [0.2, 0.25) is 0 Å². The molecule has 10 rings (SSSR count). The van der Waals surface area contributed by atoms with Crippen molar-refractivity contribution < 1.29 is 0 Å². The molecule has 0 bridgehead atoms. The van der Waals surface area contributed by atoms with E-state index >= 15 is 0 Å². The monoisotopic (exact) mass is 662 g/mol. The lowest BCUT2D eigenvalue weighted by Gasteiger charge is -2.21. The molecule has 246 valence electrons. The zero-order valence-corrected chi connectivity index (χ0v) is 29.7. The van der Waals surface area contributed by atoms with Gasteiger partial charge in [0.2, 0.25) is 0 Å². The summed E-state index contributed by atoms with van der Waals surface area (Å²) in [7, 11) is 0. The molecule has 0 aliphatic carbocycles. The Balaban J connectivity index is 1.20. The van der Waals surface area contributed by atoms with Gasteiger partial charge in [-0.3, -0.25) is 0 Å². The topological polar surface area (TPSA) is 0 Å². The van der Waals surface area contributed by atoms with Crippen molar-refractivity contribution in [3.05, 3.63) is 181 Å². The van der Waals surface area contributed by atoms with Gasteiger partial charge in [-0.05, 0) is 115 Å². The van der Waals surface area contributed by atoms with Crippen LogP contribution in [0.1, 0.15) is 26.3 Å². The van der Waals surface area contributed by atoms with Gasteiger partial charge in [-0.15, -0.1) is 0 Å². The lowest BCUT2D eigenvalue weighted by Crippen LogP contribution is -2.10. The number of hydrogen-bond acceptors (Lipinski definition) is 0. The highest BCUT2D eigenvalue weighted by atomic mass is 14.2. The predicted octanol–water partition coefficient (Wildman–Crippen LogP) is 14.9. The first-order valence-electron chi connectivity index (χ1n) is 18.4. The van der Waals surface area contributed by atoms with E-state index in [-0.39, 0.29) is 5.41 Å². The molecular formula is C52H38. The van der Waals surface area contributed by atoms with Crippen LogP contribution in [-0.2, 0) is 5.41 Å². The molecule has 52 heavy (non-hydrogen) atoms. The van der Waals surface area contributed by atoms with Crippen LogP contribution < -0.4 is 0 Å². The van der Waals surface area contributed by atoms with E-state index in [1.165, 1.54) is 104 Å². The van der Waals surface area contributed by atoms with E-state index in [0.29, 0.717) is 0 Å². The van der Waals surface area contributed by atoms with Gasteiger partial charge in [0.15, 0.2) is 0 Å².